The molecule has 422 valence electrons. The van der Waals surface area contributed by atoms with Crippen LogP contribution in [0.2, 0.25) is 0 Å². The highest BCUT2D eigenvalue weighted by molar-refractivity contribution is 6.26. The topological polar surface area (TPSA) is 39.1 Å². The third-order valence-electron chi connectivity index (χ3n) is 19.9. The molecule has 0 saturated heterocycles. The summed E-state index contributed by atoms with van der Waals surface area (Å²) < 4.78 is 9.90. The molecule has 5 aromatic heterocycles. The largest absolute Gasteiger partial charge is 0.333 e. The molecule has 7 heterocycles. The standard InChI is InChI=1S/C83H55N7/c1-4-23-53(24-5-1)87-68-36-16-10-29-58(68)61-43-46-74-78(81(61)87)64-32-13-19-39-71(64)85(74)56-49-52(50-57(51-56)86-72-40-20-14-33-65(72)79-75(86)47-44-62-59-30-11-17-37-69(59)88(82(62)79)54-25-6-2-7-26-54)67-35-22-42-77(84-67)90-73-41-21-15-34-66(73)80-76(90)48-45-63-60-31-12-18-38-70(60)89(83(63)80)55-27-8-3-9-28-55/h1-51,58,60,68,70H. The van der Waals surface area contributed by atoms with Gasteiger partial charge in [0, 0.05) is 88.9 Å². The Morgan fingerprint density at radius 1 is 0.278 bits per heavy atom. The first-order valence-corrected chi connectivity index (χ1v) is 31.4. The van der Waals surface area contributed by atoms with E-state index in [9.17, 15) is 0 Å². The molecule has 20 rings (SSSR count). The smallest absolute Gasteiger partial charge is 0.138 e. The number of allylic oxidation sites excluding steroid dienone is 4. The highest BCUT2D eigenvalue weighted by Crippen LogP contribution is 2.55. The van der Waals surface area contributed by atoms with Crippen LogP contribution >= 0.6 is 0 Å². The van der Waals surface area contributed by atoms with Crippen molar-refractivity contribution in [2.24, 2.45) is 0 Å². The van der Waals surface area contributed by atoms with Crippen molar-refractivity contribution in [2.45, 2.75) is 23.9 Å². The molecule has 90 heavy (non-hydrogen) atoms. The van der Waals surface area contributed by atoms with Crippen LogP contribution in [0.1, 0.15) is 23.0 Å². The molecule has 7 heteroatoms. The number of aromatic nitrogens is 5. The fourth-order valence-corrected chi connectivity index (χ4v) is 16.4. The Labute approximate surface area is 518 Å². The molecular weight excluding hydrogens is 1090 g/mol. The van der Waals surface area contributed by atoms with Gasteiger partial charge in [0.2, 0.25) is 0 Å². The van der Waals surface area contributed by atoms with E-state index >= 15 is 0 Å². The molecule has 0 fully saturated rings. The number of nitrogens with zero attached hydrogens (tertiary/aromatic N) is 7. The van der Waals surface area contributed by atoms with Crippen molar-refractivity contribution in [1.82, 2.24) is 23.3 Å². The fraction of sp³-hybridized carbons (Fsp3) is 0.0482. The number of anilines is 4. The molecule has 11 aromatic carbocycles. The Morgan fingerprint density at radius 3 is 1.27 bits per heavy atom. The van der Waals surface area contributed by atoms with Crippen molar-refractivity contribution in [3.63, 3.8) is 0 Å². The second-order valence-corrected chi connectivity index (χ2v) is 24.5. The van der Waals surface area contributed by atoms with Crippen LogP contribution in [0.25, 0.3) is 121 Å². The molecule has 0 N–H and O–H groups in total. The normalized spacial score (nSPS) is 17.3. The van der Waals surface area contributed by atoms with Gasteiger partial charge in [0.1, 0.15) is 5.82 Å². The molecule has 0 radical (unpaired) electrons. The minimum atomic E-state index is 0.146. The minimum absolute atomic E-state index is 0.146. The lowest BCUT2D eigenvalue weighted by molar-refractivity contribution is 0.745. The average molecular weight is 1150 g/mol. The molecule has 0 amide bonds. The van der Waals surface area contributed by atoms with Crippen LogP contribution in [0, 0.1) is 0 Å². The average Bonchev–Trinajstić information content (AvgIpc) is 1.57. The van der Waals surface area contributed by atoms with E-state index in [0.717, 1.165) is 67.2 Å². The summed E-state index contributed by atoms with van der Waals surface area (Å²) in [6.45, 7) is 0. The van der Waals surface area contributed by atoms with Gasteiger partial charge in [-0.2, -0.15) is 0 Å². The summed E-state index contributed by atoms with van der Waals surface area (Å²) in [6.07, 6.45) is 18.4. The van der Waals surface area contributed by atoms with Gasteiger partial charge in [-0.3, -0.25) is 4.57 Å². The lowest BCUT2D eigenvalue weighted by Crippen LogP contribution is -2.28. The Balaban J connectivity index is 0.858. The summed E-state index contributed by atoms with van der Waals surface area (Å²) in [5.41, 5.74) is 21.9. The first-order chi connectivity index (χ1) is 44.7. The van der Waals surface area contributed by atoms with Gasteiger partial charge in [-0.25, -0.2) is 4.98 Å². The van der Waals surface area contributed by atoms with Gasteiger partial charge < -0.3 is 23.5 Å². The summed E-state index contributed by atoms with van der Waals surface area (Å²) in [7, 11) is 0. The Bertz CT molecular complexity index is 5830. The Kier molecular flexibility index (Phi) is 10.4. The molecule has 4 aliphatic rings. The second-order valence-electron chi connectivity index (χ2n) is 24.5. The van der Waals surface area contributed by atoms with Gasteiger partial charge in [-0.05, 0) is 120 Å². The van der Waals surface area contributed by atoms with Crippen molar-refractivity contribution >= 4 is 110 Å². The molecule has 16 aromatic rings. The maximum atomic E-state index is 5.85. The van der Waals surface area contributed by atoms with Gasteiger partial charge in [-0.1, -0.05) is 200 Å². The van der Waals surface area contributed by atoms with Gasteiger partial charge in [0.25, 0.3) is 0 Å². The summed E-state index contributed by atoms with van der Waals surface area (Å²) in [5, 5.41) is 9.76. The van der Waals surface area contributed by atoms with Crippen LogP contribution in [-0.4, -0.2) is 35.3 Å². The second kappa shape index (κ2) is 18.9. The monoisotopic (exact) mass is 1150 g/mol. The SMILES string of the molecule is C1=CC2c3ccc4c(c3N(c3ccccc3)C2C=C1)c1ccccc1n4-c1cc(-c2cccc(-n3c4ccccc4c4c5c(ccc43)C3C=CC=CC3N5c3ccccc3)n2)cc(-n2c3ccccc3c3c2ccc2c4ccccc4n(-c4ccccc4)c23)c1. The molecule has 0 bridgehead atoms. The quantitative estimate of drug-likeness (QED) is 0.160. The highest BCUT2D eigenvalue weighted by Gasteiger charge is 2.41. The van der Waals surface area contributed by atoms with Crippen molar-refractivity contribution < 1.29 is 0 Å². The molecule has 4 unspecified atom stereocenters. The van der Waals surface area contributed by atoms with Crippen molar-refractivity contribution in [2.75, 3.05) is 9.80 Å². The first kappa shape index (κ1) is 49.4. The summed E-state index contributed by atoms with van der Waals surface area (Å²) >= 11 is 0. The summed E-state index contributed by atoms with van der Waals surface area (Å²) in [5.74, 6) is 1.30. The van der Waals surface area contributed by atoms with Crippen molar-refractivity contribution in [3.05, 3.63) is 321 Å². The van der Waals surface area contributed by atoms with Crippen molar-refractivity contribution in [3.8, 4) is 34.1 Å². The van der Waals surface area contributed by atoms with E-state index in [4.69, 9.17) is 4.98 Å². The maximum absolute atomic E-state index is 5.85. The van der Waals surface area contributed by atoms with E-state index in [1.54, 1.807) is 0 Å². The van der Waals surface area contributed by atoms with E-state index in [-0.39, 0.29) is 23.9 Å². The van der Waals surface area contributed by atoms with Gasteiger partial charge in [-0.15, -0.1) is 0 Å². The molecular formula is C83H55N7. The van der Waals surface area contributed by atoms with Crippen LogP contribution in [0.4, 0.5) is 22.7 Å². The van der Waals surface area contributed by atoms with Crippen LogP contribution < -0.4 is 9.80 Å². The lowest BCUT2D eigenvalue weighted by Gasteiger charge is -2.29. The van der Waals surface area contributed by atoms with Crippen LogP contribution in [0.5, 0.6) is 0 Å². The van der Waals surface area contributed by atoms with Gasteiger partial charge in [0.15, 0.2) is 0 Å². The lowest BCUT2D eigenvalue weighted by atomic mass is 9.91. The zero-order valence-electron chi connectivity index (χ0n) is 48.9. The van der Waals surface area contributed by atoms with E-state index < -0.39 is 0 Å². The van der Waals surface area contributed by atoms with E-state index in [0.29, 0.717) is 0 Å². The summed E-state index contributed by atoms with van der Waals surface area (Å²) in [6, 6.07) is 96.8. The number of fused-ring (bicyclic) bond motifs is 21. The van der Waals surface area contributed by atoms with Crippen LogP contribution in [0.15, 0.2) is 309 Å². The number of hydrogen-bond donors (Lipinski definition) is 0. The number of benzene rings is 11. The molecule has 2 aliphatic carbocycles. The first-order valence-electron chi connectivity index (χ1n) is 31.4. The van der Waals surface area contributed by atoms with E-state index in [1.807, 2.05) is 0 Å². The van der Waals surface area contributed by atoms with Crippen LogP contribution in [-0.2, 0) is 0 Å². The number of pyridine rings is 1. The number of para-hydroxylation sites is 7. The van der Waals surface area contributed by atoms with Gasteiger partial charge in [0.05, 0.1) is 73.3 Å². The predicted octanol–water partition coefficient (Wildman–Crippen LogP) is 20.6. The highest BCUT2D eigenvalue weighted by atomic mass is 15.2. The predicted molar refractivity (Wildman–Crippen MR) is 374 cm³/mol. The van der Waals surface area contributed by atoms with E-state index in [2.05, 4.69) is 338 Å². The van der Waals surface area contributed by atoms with E-state index in [1.165, 1.54) is 88.0 Å². The molecule has 0 saturated carbocycles. The fourth-order valence-electron chi connectivity index (χ4n) is 16.4. The molecule has 4 atom stereocenters. The molecule has 2 aliphatic heterocycles. The third-order valence-corrected chi connectivity index (χ3v) is 19.9. The van der Waals surface area contributed by atoms with Crippen LogP contribution in [0.3, 0.4) is 0 Å². The third kappa shape index (κ3) is 6.86. The molecule has 7 nitrogen and oxygen atoms in total. The molecule has 0 spiro atoms. The van der Waals surface area contributed by atoms with Gasteiger partial charge >= 0.3 is 0 Å². The Hall–Kier alpha value is -11.7. The number of rotatable bonds is 7. The maximum Gasteiger partial charge on any atom is 0.138 e. The number of hydrogen-bond acceptors (Lipinski definition) is 3. The Morgan fingerprint density at radius 2 is 0.711 bits per heavy atom. The zero-order chi connectivity index (χ0) is 58.7. The minimum Gasteiger partial charge on any atom is -0.333 e. The summed E-state index contributed by atoms with van der Waals surface area (Å²) in [4.78, 5) is 11.0. The zero-order valence-corrected chi connectivity index (χ0v) is 48.9. The van der Waals surface area contributed by atoms with Crippen molar-refractivity contribution in [1.29, 1.82) is 0 Å².